The zero-order chi connectivity index (χ0) is 24.9. The van der Waals surface area contributed by atoms with Crippen molar-refractivity contribution < 1.29 is 28.2 Å². The van der Waals surface area contributed by atoms with Crippen LogP contribution in [0.2, 0.25) is 0 Å². The van der Waals surface area contributed by atoms with Crippen LogP contribution in [0.5, 0.6) is 5.75 Å². The smallest absolute Gasteiger partial charge is 0.341 e. The van der Waals surface area contributed by atoms with E-state index in [1.54, 1.807) is 24.3 Å². The van der Waals surface area contributed by atoms with Crippen LogP contribution in [0.25, 0.3) is 0 Å². The van der Waals surface area contributed by atoms with Gasteiger partial charge in [0.1, 0.15) is 16.6 Å². The van der Waals surface area contributed by atoms with Gasteiger partial charge in [-0.25, -0.2) is 9.18 Å². The monoisotopic (exact) mass is 496 g/mol. The molecule has 0 saturated carbocycles. The number of fused-ring (bicyclic) bond motifs is 1. The van der Waals surface area contributed by atoms with Crippen molar-refractivity contribution in [2.24, 2.45) is 5.92 Å². The summed E-state index contributed by atoms with van der Waals surface area (Å²) < 4.78 is 23.5. The lowest BCUT2D eigenvalue weighted by atomic mass is 9.88. The van der Waals surface area contributed by atoms with Gasteiger partial charge in [-0.3, -0.25) is 9.59 Å². The van der Waals surface area contributed by atoms with Gasteiger partial charge >= 0.3 is 5.97 Å². The van der Waals surface area contributed by atoms with E-state index >= 15 is 0 Å². The Morgan fingerprint density at radius 2 is 1.77 bits per heavy atom. The van der Waals surface area contributed by atoms with E-state index in [1.807, 2.05) is 0 Å². The average Bonchev–Trinajstić information content (AvgIpc) is 3.20. The highest BCUT2D eigenvalue weighted by molar-refractivity contribution is 7.17. The highest BCUT2D eigenvalue weighted by atomic mass is 32.1. The second-order valence-corrected chi connectivity index (χ2v) is 9.47. The van der Waals surface area contributed by atoms with Gasteiger partial charge in [0, 0.05) is 16.1 Å². The molecule has 0 bridgehead atoms. The molecule has 0 aliphatic heterocycles. The van der Waals surface area contributed by atoms with Crippen molar-refractivity contribution in [3.8, 4) is 5.75 Å². The summed E-state index contributed by atoms with van der Waals surface area (Å²) in [5, 5.41) is 5.95. The first-order valence-electron chi connectivity index (χ1n) is 11.2. The summed E-state index contributed by atoms with van der Waals surface area (Å²) in [6.45, 7) is 1.91. The van der Waals surface area contributed by atoms with Gasteiger partial charge in [-0.15, -0.1) is 11.3 Å². The fourth-order valence-corrected chi connectivity index (χ4v) is 5.32. The molecule has 1 heterocycles. The Hall–Kier alpha value is -3.72. The van der Waals surface area contributed by atoms with Crippen LogP contribution in [0.4, 0.5) is 15.1 Å². The lowest BCUT2D eigenvalue weighted by Crippen LogP contribution is -2.21. The maximum absolute atomic E-state index is 13.0. The Kier molecular flexibility index (Phi) is 7.45. The molecule has 2 aromatic carbocycles. The number of amides is 2. The van der Waals surface area contributed by atoms with Gasteiger partial charge in [-0.1, -0.05) is 6.92 Å². The van der Waals surface area contributed by atoms with Crippen molar-refractivity contribution >= 4 is 39.8 Å². The number of halogens is 1. The lowest BCUT2D eigenvalue weighted by molar-refractivity contribution is -0.118. The molecule has 1 aliphatic carbocycles. The molecule has 2 N–H and O–H groups in total. The molecule has 1 atom stereocenters. The Morgan fingerprint density at radius 3 is 2.46 bits per heavy atom. The van der Waals surface area contributed by atoms with Crippen molar-refractivity contribution in [1.29, 1.82) is 0 Å². The van der Waals surface area contributed by atoms with Crippen LogP contribution in [-0.2, 0) is 22.4 Å². The maximum Gasteiger partial charge on any atom is 0.341 e. The number of carbonyl (C=O) groups is 3. The second-order valence-electron chi connectivity index (χ2n) is 8.37. The third kappa shape index (κ3) is 5.86. The van der Waals surface area contributed by atoms with E-state index in [4.69, 9.17) is 9.47 Å². The molecule has 0 saturated heterocycles. The average molecular weight is 497 g/mol. The summed E-state index contributed by atoms with van der Waals surface area (Å²) in [5.74, 6) is -0.663. The van der Waals surface area contributed by atoms with Crippen LogP contribution in [0, 0.1) is 11.7 Å². The summed E-state index contributed by atoms with van der Waals surface area (Å²) in [6, 6.07) is 11.8. The van der Waals surface area contributed by atoms with Crippen LogP contribution in [0.1, 0.15) is 44.5 Å². The second kappa shape index (κ2) is 10.7. The summed E-state index contributed by atoms with van der Waals surface area (Å²) in [5.41, 5.74) is 2.26. The Morgan fingerprint density at radius 1 is 1.06 bits per heavy atom. The fraction of sp³-hybridized carbons (Fsp3) is 0.269. The molecule has 182 valence electrons. The molecule has 0 radical (unpaired) electrons. The van der Waals surface area contributed by atoms with E-state index in [1.165, 1.54) is 42.7 Å². The molecular formula is C26H25FN2O5S. The number of nitrogens with one attached hydrogen (secondary N) is 2. The number of methoxy groups -OCH3 is 1. The molecule has 4 rings (SSSR count). The minimum atomic E-state index is -0.456. The number of benzene rings is 2. The van der Waals surface area contributed by atoms with Crippen molar-refractivity contribution in [1.82, 2.24) is 0 Å². The minimum absolute atomic E-state index is 0.263. The van der Waals surface area contributed by atoms with Gasteiger partial charge in [-0.2, -0.15) is 0 Å². The van der Waals surface area contributed by atoms with Gasteiger partial charge in [0.05, 0.1) is 12.7 Å². The summed E-state index contributed by atoms with van der Waals surface area (Å²) in [6.07, 6.45) is 2.64. The standard InChI is InChI=1S/C26H25FN2O5S/c1-15-3-12-20-21(13-15)35-25(23(20)26(32)33-2)29-22(30)14-34-19-10-4-16(5-11-19)24(31)28-18-8-6-17(27)7-9-18/h4-11,15H,3,12-14H2,1-2H3,(H,28,31)(H,29,30). The highest BCUT2D eigenvalue weighted by Gasteiger charge is 2.28. The lowest BCUT2D eigenvalue weighted by Gasteiger charge is -2.18. The quantitative estimate of drug-likeness (QED) is 0.446. The zero-order valence-corrected chi connectivity index (χ0v) is 20.2. The summed E-state index contributed by atoms with van der Waals surface area (Å²) in [4.78, 5) is 38.4. The van der Waals surface area contributed by atoms with Gasteiger partial charge in [-0.05, 0) is 79.3 Å². The van der Waals surface area contributed by atoms with Crippen LogP contribution in [-0.4, -0.2) is 31.5 Å². The first kappa shape index (κ1) is 24.4. The number of rotatable bonds is 7. The van der Waals surface area contributed by atoms with Crippen molar-refractivity contribution in [2.45, 2.75) is 26.2 Å². The molecule has 3 aromatic rings. The minimum Gasteiger partial charge on any atom is -0.484 e. The van der Waals surface area contributed by atoms with E-state index in [0.29, 0.717) is 33.5 Å². The molecule has 2 amide bonds. The number of anilines is 2. The third-order valence-corrected chi connectivity index (χ3v) is 6.91. The van der Waals surface area contributed by atoms with Gasteiger partial charge < -0.3 is 20.1 Å². The largest absolute Gasteiger partial charge is 0.484 e. The van der Waals surface area contributed by atoms with Crippen molar-refractivity contribution in [3.05, 3.63) is 75.9 Å². The third-order valence-electron chi connectivity index (χ3n) is 5.74. The van der Waals surface area contributed by atoms with E-state index in [-0.39, 0.29) is 18.3 Å². The van der Waals surface area contributed by atoms with E-state index in [2.05, 4.69) is 17.6 Å². The molecular weight excluding hydrogens is 471 g/mol. The Balaban J connectivity index is 1.35. The summed E-state index contributed by atoms with van der Waals surface area (Å²) in [7, 11) is 1.33. The van der Waals surface area contributed by atoms with Crippen LogP contribution < -0.4 is 15.4 Å². The predicted octanol–water partition coefficient (Wildman–Crippen LogP) is 5.07. The van der Waals surface area contributed by atoms with Gasteiger partial charge in [0.2, 0.25) is 0 Å². The molecule has 0 spiro atoms. The summed E-state index contributed by atoms with van der Waals surface area (Å²) >= 11 is 1.41. The number of hydrogen-bond donors (Lipinski definition) is 2. The molecule has 9 heteroatoms. The molecule has 35 heavy (non-hydrogen) atoms. The Bertz CT molecular complexity index is 1240. The molecule has 1 aromatic heterocycles. The topological polar surface area (TPSA) is 93.7 Å². The van der Waals surface area contributed by atoms with Crippen LogP contribution in [0.3, 0.4) is 0 Å². The van der Waals surface area contributed by atoms with Gasteiger partial charge in [0.25, 0.3) is 11.8 Å². The van der Waals surface area contributed by atoms with E-state index in [9.17, 15) is 18.8 Å². The van der Waals surface area contributed by atoms with Crippen molar-refractivity contribution in [2.75, 3.05) is 24.4 Å². The van der Waals surface area contributed by atoms with Gasteiger partial charge in [0.15, 0.2) is 6.61 Å². The molecule has 0 fully saturated rings. The number of carbonyl (C=O) groups excluding carboxylic acids is 3. The first-order chi connectivity index (χ1) is 16.8. The van der Waals surface area contributed by atoms with Crippen molar-refractivity contribution in [3.63, 3.8) is 0 Å². The van der Waals surface area contributed by atoms with E-state index < -0.39 is 11.9 Å². The predicted molar refractivity (Wildman–Crippen MR) is 132 cm³/mol. The number of thiophene rings is 1. The van der Waals surface area contributed by atoms with E-state index in [0.717, 1.165) is 29.7 Å². The molecule has 1 aliphatic rings. The normalized spacial score (nSPS) is 14.5. The molecule has 1 unspecified atom stereocenters. The first-order valence-corrected chi connectivity index (χ1v) is 12.0. The zero-order valence-electron chi connectivity index (χ0n) is 19.4. The fourth-order valence-electron chi connectivity index (χ4n) is 3.91. The SMILES string of the molecule is COC(=O)c1c(NC(=O)COc2ccc(C(=O)Nc3ccc(F)cc3)cc2)sc2c1CCC(C)C2. The number of ether oxygens (including phenoxy) is 2. The highest BCUT2D eigenvalue weighted by Crippen LogP contribution is 2.40. The number of hydrogen-bond acceptors (Lipinski definition) is 6. The van der Waals surface area contributed by atoms with Crippen LogP contribution in [0.15, 0.2) is 48.5 Å². The Labute approximate surface area is 206 Å². The maximum atomic E-state index is 13.0. The van der Waals surface area contributed by atoms with Crippen LogP contribution >= 0.6 is 11.3 Å². The molecule has 7 nitrogen and oxygen atoms in total. The number of esters is 1.